The van der Waals surface area contributed by atoms with Gasteiger partial charge in [-0.15, -0.1) is 11.6 Å². The van der Waals surface area contributed by atoms with Crippen LogP contribution in [-0.2, 0) is 4.74 Å². The lowest BCUT2D eigenvalue weighted by Crippen LogP contribution is -2.53. The first kappa shape index (κ1) is 12.3. The lowest BCUT2D eigenvalue weighted by molar-refractivity contribution is -0.102. The molecular weight excluding hydrogens is 196 g/mol. The molecule has 1 rings (SSSR count). The lowest BCUT2D eigenvalue weighted by atomic mass is 9.65. The SMILES string of the molecule is CCC1(C)C(Cl)CC1OCCC(C)C. The predicted molar refractivity (Wildman–Crippen MR) is 61.9 cm³/mol. The van der Waals surface area contributed by atoms with Crippen LogP contribution in [0.4, 0.5) is 0 Å². The van der Waals surface area contributed by atoms with Gasteiger partial charge in [0.25, 0.3) is 0 Å². The van der Waals surface area contributed by atoms with Crippen LogP contribution in [0.25, 0.3) is 0 Å². The van der Waals surface area contributed by atoms with Crippen molar-refractivity contribution in [3.8, 4) is 0 Å². The third kappa shape index (κ3) is 2.43. The van der Waals surface area contributed by atoms with E-state index in [-0.39, 0.29) is 5.41 Å². The Hall–Kier alpha value is 0.250. The van der Waals surface area contributed by atoms with Crippen LogP contribution in [0.5, 0.6) is 0 Å². The zero-order chi connectivity index (χ0) is 10.8. The number of halogens is 1. The summed E-state index contributed by atoms with van der Waals surface area (Å²) in [5.41, 5.74) is 0.221. The van der Waals surface area contributed by atoms with Gasteiger partial charge in [0, 0.05) is 17.4 Å². The molecule has 1 nitrogen and oxygen atoms in total. The van der Waals surface area contributed by atoms with Gasteiger partial charge in [-0.3, -0.25) is 0 Å². The molecule has 0 bridgehead atoms. The molecule has 0 saturated heterocycles. The molecule has 1 aliphatic rings. The maximum Gasteiger partial charge on any atom is 0.0656 e. The minimum atomic E-state index is 0.221. The summed E-state index contributed by atoms with van der Waals surface area (Å²) < 4.78 is 5.88. The van der Waals surface area contributed by atoms with Crippen molar-refractivity contribution in [3.05, 3.63) is 0 Å². The van der Waals surface area contributed by atoms with Crippen molar-refractivity contribution in [1.29, 1.82) is 0 Å². The van der Waals surface area contributed by atoms with Gasteiger partial charge in [0.05, 0.1) is 6.10 Å². The van der Waals surface area contributed by atoms with Crippen LogP contribution >= 0.6 is 11.6 Å². The molecule has 84 valence electrons. The van der Waals surface area contributed by atoms with Crippen molar-refractivity contribution < 1.29 is 4.74 Å². The third-order valence-corrected chi connectivity index (χ3v) is 4.32. The second-order valence-corrected chi connectivity index (χ2v) is 5.63. The summed E-state index contributed by atoms with van der Waals surface area (Å²) in [7, 11) is 0. The summed E-state index contributed by atoms with van der Waals surface area (Å²) in [6, 6.07) is 0. The van der Waals surface area contributed by atoms with E-state index in [0.29, 0.717) is 11.5 Å². The van der Waals surface area contributed by atoms with Crippen molar-refractivity contribution in [2.75, 3.05) is 6.61 Å². The summed E-state index contributed by atoms with van der Waals surface area (Å²) in [6.07, 6.45) is 3.70. The second-order valence-electron chi connectivity index (χ2n) is 5.10. The smallest absolute Gasteiger partial charge is 0.0656 e. The number of rotatable bonds is 5. The molecule has 0 amide bonds. The molecule has 0 aromatic rings. The molecule has 0 aromatic carbocycles. The van der Waals surface area contributed by atoms with Crippen molar-refractivity contribution >= 4 is 11.6 Å². The lowest BCUT2D eigenvalue weighted by Gasteiger charge is -2.50. The summed E-state index contributed by atoms with van der Waals surface area (Å²) in [5, 5.41) is 0.316. The van der Waals surface area contributed by atoms with E-state index in [1.807, 2.05) is 0 Å². The van der Waals surface area contributed by atoms with E-state index in [1.54, 1.807) is 0 Å². The molecule has 0 aromatic heterocycles. The van der Waals surface area contributed by atoms with Gasteiger partial charge in [-0.2, -0.15) is 0 Å². The standard InChI is InChI=1S/C12H23ClO/c1-5-12(4)10(13)8-11(12)14-7-6-9(2)3/h9-11H,5-8H2,1-4H3. The van der Waals surface area contributed by atoms with Crippen LogP contribution in [0.2, 0.25) is 0 Å². The summed E-state index contributed by atoms with van der Waals surface area (Å²) >= 11 is 6.21. The van der Waals surface area contributed by atoms with Crippen molar-refractivity contribution in [3.63, 3.8) is 0 Å². The first-order chi connectivity index (χ1) is 6.50. The summed E-state index contributed by atoms with van der Waals surface area (Å²) in [6.45, 7) is 9.80. The van der Waals surface area contributed by atoms with E-state index in [1.165, 1.54) is 0 Å². The fraction of sp³-hybridized carbons (Fsp3) is 1.00. The largest absolute Gasteiger partial charge is 0.378 e. The Balaban J connectivity index is 2.26. The zero-order valence-electron chi connectivity index (χ0n) is 9.85. The van der Waals surface area contributed by atoms with Crippen LogP contribution in [0.3, 0.4) is 0 Å². The Labute approximate surface area is 93.2 Å². The normalized spacial score (nSPS) is 37.3. The van der Waals surface area contributed by atoms with Gasteiger partial charge in [0.1, 0.15) is 0 Å². The first-order valence-electron chi connectivity index (χ1n) is 5.76. The van der Waals surface area contributed by atoms with E-state index < -0.39 is 0 Å². The highest BCUT2D eigenvalue weighted by molar-refractivity contribution is 6.21. The Kier molecular flexibility index (Phi) is 4.27. The Bertz CT molecular complexity index is 181. The fourth-order valence-electron chi connectivity index (χ4n) is 1.92. The average molecular weight is 219 g/mol. The van der Waals surface area contributed by atoms with Crippen molar-refractivity contribution in [2.24, 2.45) is 11.3 Å². The fourth-order valence-corrected chi connectivity index (χ4v) is 2.38. The average Bonchev–Trinajstić information content (AvgIpc) is 2.15. The molecule has 0 heterocycles. The van der Waals surface area contributed by atoms with Gasteiger partial charge in [-0.25, -0.2) is 0 Å². The van der Waals surface area contributed by atoms with Gasteiger partial charge in [-0.1, -0.05) is 27.7 Å². The molecule has 1 fully saturated rings. The van der Waals surface area contributed by atoms with E-state index in [4.69, 9.17) is 16.3 Å². The molecule has 3 atom stereocenters. The molecule has 0 spiro atoms. The zero-order valence-corrected chi connectivity index (χ0v) is 10.6. The van der Waals surface area contributed by atoms with E-state index >= 15 is 0 Å². The molecule has 1 saturated carbocycles. The van der Waals surface area contributed by atoms with Crippen LogP contribution in [0.1, 0.15) is 47.0 Å². The van der Waals surface area contributed by atoms with Crippen molar-refractivity contribution in [2.45, 2.75) is 58.4 Å². The molecule has 14 heavy (non-hydrogen) atoms. The second kappa shape index (κ2) is 4.85. The van der Waals surface area contributed by atoms with E-state index in [2.05, 4.69) is 27.7 Å². The maximum atomic E-state index is 6.21. The van der Waals surface area contributed by atoms with Gasteiger partial charge in [0.15, 0.2) is 0 Å². The van der Waals surface area contributed by atoms with Crippen LogP contribution < -0.4 is 0 Å². The highest BCUT2D eigenvalue weighted by atomic mass is 35.5. The Morgan fingerprint density at radius 3 is 2.57 bits per heavy atom. The van der Waals surface area contributed by atoms with Crippen LogP contribution in [0, 0.1) is 11.3 Å². The third-order valence-electron chi connectivity index (χ3n) is 3.65. The Morgan fingerprint density at radius 1 is 1.50 bits per heavy atom. The molecule has 1 aliphatic carbocycles. The predicted octanol–water partition coefficient (Wildman–Crippen LogP) is 3.85. The van der Waals surface area contributed by atoms with Gasteiger partial charge >= 0.3 is 0 Å². The minimum Gasteiger partial charge on any atom is -0.378 e. The molecule has 2 heteroatoms. The molecule has 0 aliphatic heterocycles. The first-order valence-corrected chi connectivity index (χ1v) is 6.20. The number of alkyl halides is 1. The summed E-state index contributed by atoms with van der Waals surface area (Å²) in [4.78, 5) is 0. The Morgan fingerprint density at radius 2 is 2.14 bits per heavy atom. The molecule has 3 unspecified atom stereocenters. The summed E-state index contributed by atoms with van der Waals surface area (Å²) in [5.74, 6) is 0.731. The molecular formula is C12H23ClO. The van der Waals surface area contributed by atoms with Gasteiger partial charge in [-0.05, 0) is 25.2 Å². The van der Waals surface area contributed by atoms with E-state index in [0.717, 1.165) is 31.8 Å². The van der Waals surface area contributed by atoms with Crippen LogP contribution in [0.15, 0.2) is 0 Å². The topological polar surface area (TPSA) is 9.23 Å². The van der Waals surface area contributed by atoms with Gasteiger partial charge < -0.3 is 4.74 Å². The highest BCUT2D eigenvalue weighted by Gasteiger charge is 2.50. The quantitative estimate of drug-likeness (QED) is 0.637. The van der Waals surface area contributed by atoms with Crippen molar-refractivity contribution in [1.82, 2.24) is 0 Å². The number of ether oxygens (including phenoxy) is 1. The molecule has 0 N–H and O–H groups in total. The highest BCUT2D eigenvalue weighted by Crippen LogP contribution is 2.49. The van der Waals surface area contributed by atoms with Crippen LogP contribution in [-0.4, -0.2) is 18.1 Å². The molecule has 0 radical (unpaired) electrons. The number of hydrogen-bond donors (Lipinski definition) is 0. The minimum absolute atomic E-state index is 0.221. The van der Waals surface area contributed by atoms with Gasteiger partial charge in [0.2, 0.25) is 0 Å². The monoisotopic (exact) mass is 218 g/mol. The van der Waals surface area contributed by atoms with E-state index in [9.17, 15) is 0 Å². The number of hydrogen-bond acceptors (Lipinski definition) is 1. The maximum absolute atomic E-state index is 6.21.